The summed E-state index contributed by atoms with van der Waals surface area (Å²) in [6, 6.07) is 38.7. The first-order chi connectivity index (χ1) is 29.9. The van der Waals surface area contributed by atoms with E-state index in [9.17, 15) is 24.3 Å². The Balaban J connectivity index is 1.12. The monoisotopic (exact) mass is 848 g/mol. The fourth-order valence-electron chi connectivity index (χ4n) is 10.5. The quantitative estimate of drug-likeness (QED) is 0.131. The van der Waals surface area contributed by atoms with Gasteiger partial charge in [-0.2, -0.15) is 0 Å². The summed E-state index contributed by atoms with van der Waals surface area (Å²) in [4.78, 5) is 76.0. The van der Waals surface area contributed by atoms with Gasteiger partial charge >= 0.3 is 0 Å². The van der Waals surface area contributed by atoms with E-state index in [0.29, 0.717) is 48.3 Å². The standard InChI is InChI=1S/C50H52N4O7Si/c1-33-48(62(2,3)60)44(30-47(58)51(26-27-55)31-34-12-5-4-6-13-34)61-50(33)40-29-39(54-42-19-10-8-16-37(42)21-25-46(54)57)22-23-43(40)52(49(50)59)32-35-14-11-17-38(28-35)53-41-18-9-7-15-36(41)20-24-45(53)56/h4-19,22-23,28-29,33,44,48,55,60H,20-21,24-27,30-32H2,1-3H3/t33-,44+,48-,50+/m1/s1. The van der Waals surface area contributed by atoms with Gasteiger partial charge in [-0.3, -0.25) is 29.0 Å². The molecule has 4 atom stereocenters. The van der Waals surface area contributed by atoms with Crippen molar-refractivity contribution < 1.29 is 33.8 Å². The van der Waals surface area contributed by atoms with Crippen LogP contribution in [0.4, 0.5) is 28.4 Å². The van der Waals surface area contributed by atoms with Gasteiger partial charge in [-0.15, -0.1) is 0 Å². The smallest absolute Gasteiger partial charge is 0.264 e. The van der Waals surface area contributed by atoms with Crippen LogP contribution in [0.15, 0.2) is 121 Å². The Labute approximate surface area is 363 Å². The second kappa shape index (κ2) is 16.4. The lowest BCUT2D eigenvalue weighted by Crippen LogP contribution is -2.46. The van der Waals surface area contributed by atoms with Crippen LogP contribution in [0.25, 0.3) is 0 Å². The molecule has 0 saturated carbocycles. The van der Waals surface area contributed by atoms with Gasteiger partial charge < -0.3 is 24.4 Å². The Bertz CT molecular complexity index is 2560. The summed E-state index contributed by atoms with van der Waals surface area (Å²) in [5, 5.41) is 10.0. The number of para-hydroxylation sites is 2. The number of anilines is 5. The van der Waals surface area contributed by atoms with Crippen LogP contribution in [0.5, 0.6) is 0 Å². The molecule has 318 valence electrons. The molecule has 4 aliphatic heterocycles. The minimum absolute atomic E-state index is 0.000629. The molecule has 4 aliphatic rings. The normalized spacial score (nSPS) is 21.9. The van der Waals surface area contributed by atoms with Gasteiger partial charge in [0.2, 0.25) is 17.7 Å². The van der Waals surface area contributed by atoms with Gasteiger partial charge in [0.05, 0.1) is 42.7 Å². The van der Waals surface area contributed by atoms with E-state index in [1.807, 2.05) is 141 Å². The Morgan fingerprint density at radius 3 is 1.97 bits per heavy atom. The molecule has 4 amide bonds. The predicted octanol–water partition coefficient (Wildman–Crippen LogP) is 7.66. The largest absolute Gasteiger partial charge is 0.432 e. The van der Waals surface area contributed by atoms with Crippen molar-refractivity contribution in [2.24, 2.45) is 5.92 Å². The van der Waals surface area contributed by atoms with Gasteiger partial charge in [-0.25, -0.2) is 0 Å². The Morgan fingerprint density at radius 1 is 0.742 bits per heavy atom. The molecule has 9 rings (SSSR count). The van der Waals surface area contributed by atoms with Crippen LogP contribution in [0, 0.1) is 5.92 Å². The molecule has 0 aliphatic carbocycles. The number of carbonyl (C=O) groups excluding carboxylic acids is 4. The van der Waals surface area contributed by atoms with Crippen LogP contribution in [0.3, 0.4) is 0 Å². The zero-order valence-corrected chi connectivity index (χ0v) is 36.4. The van der Waals surface area contributed by atoms with Gasteiger partial charge in [-0.1, -0.05) is 85.8 Å². The molecule has 4 heterocycles. The number of fused-ring (bicyclic) bond motifs is 4. The topological polar surface area (TPSA) is 131 Å². The first-order valence-corrected chi connectivity index (χ1v) is 24.6. The van der Waals surface area contributed by atoms with Gasteiger partial charge in [0.15, 0.2) is 13.9 Å². The number of benzene rings is 5. The van der Waals surface area contributed by atoms with Crippen molar-refractivity contribution in [2.45, 2.75) is 82.5 Å². The van der Waals surface area contributed by atoms with Crippen molar-refractivity contribution in [1.82, 2.24) is 4.90 Å². The maximum atomic E-state index is 15.6. The summed E-state index contributed by atoms with van der Waals surface area (Å²) in [5.74, 6) is -1.20. The second-order valence-electron chi connectivity index (χ2n) is 17.6. The highest BCUT2D eigenvalue weighted by Crippen LogP contribution is 2.60. The number of hydrogen-bond acceptors (Lipinski definition) is 7. The second-order valence-corrected chi connectivity index (χ2v) is 21.5. The summed E-state index contributed by atoms with van der Waals surface area (Å²) in [6.07, 6.45) is 1.10. The van der Waals surface area contributed by atoms with Crippen molar-refractivity contribution in [3.8, 4) is 0 Å². The first-order valence-electron chi connectivity index (χ1n) is 21.6. The number of carbonyl (C=O) groups is 4. The van der Waals surface area contributed by atoms with E-state index in [2.05, 4.69) is 0 Å². The van der Waals surface area contributed by atoms with E-state index in [1.165, 1.54) is 0 Å². The van der Waals surface area contributed by atoms with E-state index in [4.69, 9.17) is 4.74 Å². The van der Waals surface area contributed by atoms with Crippen LogP contribution in [-0.2, 0) is 55.4 Å². The number of amides is 4. The van der Waals surface area contributed by atoms with Crippen molar-refractivity contribution in [1.29, 1.82) is 0 Å². The van der Waals surface area contributed by atoms with Gasteiger partial charge in [0.25, 0.3) is 5.91 Å². The molecule has 12 heteroatoms. The summed E-state index contributed by atoms with van der Waals surface area (Å²) >= 11 is 0. The number of ether oxygens (including phenoxy) is 1. The number of hydrogen-bond donors (Lipinski definition) is 2. The zero-order chi connectivity index (χ0) is 43.3. The Kier molecular flexibility index (Phi) is 11.0. The fraction of sp³-hybridized carbons (Fsp3) is 0.320. The average molecular weight is 849 g/mol. The SMILES string of the molecule is C[C@@H]1[C@@H]([Si](C)(C)O)[C@H](CC(=O)N(CCO)Cc2ccccc2)O[C@@]12C(=O)N(Cc1cccc(N3C(=O)CCc4ccccc43)c1)c1ccc(N3C(=O)CCc4ccccc43)cc12. The van der Waals surface area contributed by atoms with Crippen LogP contribution in [-0.4, -0.2) is 66.0 Å². The molecule has 0 aromatic heterocycles. The summed E-state index contributed by atoms with van der Waals surface area (Å²) in [7, 11) is -3.17. The zero-order valence-electron chi connectivity index (χ0n) is 35.4. The summed E-state index contributed by atoms with van der Waals surface area (Å²) in [5.41, 5.74) is 5.85. The summed E-state index contributed by atoms with van der Waals surface area (Å²) < 4.78 is 7.15. The molecule has 11 nitrogen and oxygen atoms in total. The van der Waals surface area contributed by atoms with Crippen LogP contribution in [0.2, 0.25) is 18.6 Å². The molecule has 1 spiro atoms. The van der Waals surface area contributed by atoms with Gasteiger partial charge in [0.1, 0.15) is 0 Å². The molecule has 1 saturated heterocycles. The molecular formula is C50H52N4O7Si. The first kappa shape index (κ1) is 41.4. The summed E-state index contributed by atoms with van der Waals surface area (Å²) in [6.45, 7) is 5.92. The number of aryl methyl sites for hydroxylation is 2. The molecule has 62 heavy (non-hydrogen) atoms. The third-order valence-electron chi connectivity index (χ3n) is 13.2. The maximum Gasteiger partial charge on any atom is 0.264 e. The molecule has 0 unspecified atom stereocenters. The molecule has 2 N–H and O–H groups in total. The van der Waals surface area contributed by atoms with E-state index in [-0.39, 0.29) is 56.3 Å². The Morgan fingerprint density at radius 2 is 1.34 bits per heavy atom. The third-order valence-corrected chi connectivity index (χ3v) is 15.7. The van der Waals surface area contributed by atoms with E-state index in [0.717, 1.165) is 33.6 Å². The van der Waals surface area contributed by atoms with E-state index >= 15 is 4.79 Å². The van der Waals surface area contributed by atoms with Crippen molar-refractivity contribution in [2.75, 3.05) is 27.9 Å². The van der Waals surface area contributed by atoms with Crippen molar-refractivity contribution >= 4 is 60.4 Å². The average Bonchev–Trinajstić information content (AvgIpc) is 3.69. The number of aliphatic hydroxyl groups is 1. The van der Waals surface area contributed by atoms with Crippen molar-refractivity contribution in [3.63, 3.8) is 0 Å². The van der Waals surface area contributed by atoms with E-state index in [1.54, 1.807) is 19.6 Å². The molecule has 1 fully saturated rings. The highest BCUT2D eigenvalue weighted by molar-refractivity contribution is 6.71. The molecule has 5 aromatic carbocycles. The van der Waals surface area contributed by atoms with Crippen molar-refractivity contribution in [3.05, 3.63) is 149 Å². The minimum Gasteiger partial charge on any atom is -0.432 e. The fourth-order valence-corrected chi connectivity index (χ4v) is 13.0. The highest BCUT2D eigenvalue weighted by Gasteiger charge is 2.66. The molecular weight excluding hydrogens is 797 g/mol. The van der Waals surface area contributed by atoms with Crippen LogP contribution in [0.1, 0.15) is 54.0 Å². The molecule has 0 radical (unpaired) electrons. The molecule has 0 bridgehead atoms. The minimum atomic E-state index is -3.17. The third kappa shape index (κ3) is 7.24. The Hall–Kier alpha value is -5.92. The lowest BCUT2D eigenvalue weighted by atomic mass is 9.82. The lowest BCUT2D eigenvalue weighted by Gasteiger charge is -2.33. The lowest BCUT2D eigenvalue weighted by molar-refractivity contribution is -0.150. The molecule has 5 aromatic rings. The van der Waals surface area contributed by atoms with Crippen LogP contribution >= 0.6 is 0 Å². The number of aliphatic hydroxyl groups excluding tert-OH is 1. The highest BCUT2D eigenvalue weighted by atomic mass is 28.4. The number of rotatable bonds is 11. The van der Waals surface area contributed by atoms with E-state index < -0.39 is 31.5 Å². The number of nitrogens with zero attached hydrogens (tertiary/aromatic N) is 4. The van der Waals surface area contributed by atoms with Gasteiger partial charge in [-0.05, 0) is 90.7 Å². The maximum absolute atomic E-state index is 15.6. The van der Waals surface area contributed by atoms with Gasteiger partial charge in [0, 0.05) is 54.3 Å². The predicted molar refractivity (Wildman–Crippen MR) is 241 cm³/mol. The van der Waals surface area contributed by atoms with Crippen LogP contribution < -0.4 is 14.7 Å².